The van der Waals surface area contributed by atoms with E-state index in [9.17, 15) is 0 Å². The second kappa shape index (κ2) is 3.08. The Balaban J connectivity index is 2.98. The molecule has 3 heteroatoms. The Kier molecular flexibility index (Phi) is 1.90. The third-order valence-corrected chi connectivity index (χ3v) is 2.04. The van der Waals surface area contributed by atoms with E-state index in [4.69, 9.17) is 6.42 Å². The van der Waals surface area contributed by atoms with Gasteiger partial charge in [0, 0.05) is 11.6 Å². The third-order valence-electron chi connectivity index (χ3n) is 2.04. The second-order valence-corrected chi connectivity index (χ2v) is 3.11. The van der Waals surface area contributed by atoms with Crippen LogP contribution in [-0.4, -0.2) is 15.0 Å². The number of pyridine rings is 1. The smallest absolute Gasteiger partial charge is 0.127 e. The Morgan fingerprint density at radius 2 is 2.00 bits per heavy atom. The molecule has 0 fully saturated rings. The van der Waals surface area contributed by atoms with Crippen molar-refractivity contribution < 1.29 is 0 Å². The third kappa shape index (κ3) is 1.21. The number of nitrogens with zero attached hydrogens (tertiary/aromatic N) is 3. The molecule has 0 N–H and O–H groups in total. The minimum Gasteiger partial charge on any atom is -0.262 e. The lowest BCUT2D eigenvalue weighted by Crippen LogP contribution is -1.96. The van der Waals surface area contributed by atoms with E-state index >= 15 is 0 Å². The maximum Gasteiger partial charge on any atom is 0.127 e. The first-order valence-corrected chi connectivity index (χ1v) is 4.28. The van der Waals surface area contributed by atoms with Crippen LogP contribution in [0.15, 0.2) is 12.4 Å². The summed E-state index contributed by atoms with van der Waals surface area (Å²) in [7, 11) is 0. The highest BCUT2D eigenvalue weighted by Gasteiger charge is 2.05. The zero-order chi connectivity index (χ0) is 10.1. The lowest BCUT2D eigenvalue weighted by atomic mass is 10.1. The van der Waals surface area contributed by atoms with Crippen LogP contribution in [-0.2, 0) is 0 Å². The largest absolute Gasteiger partial charge is 0.262 e. The van der Waals surface area contributed by atoms with Crippen LogP contribution in [0, 0.1) is 26.2 Å². The van der Waals surface area contributed by atoms with E-state index in [1.807, 2.05) is 13.8 Å². The van der Waals surface area contributed by atoms with Crippen LogP contribution in [0.25, 0.3) is 10.9 Å². The molecule has 2 heterocycles. The fourth-order valence-corrected chi connectivity index (χ4v) is 1.47. The van der Waals surface area contributed by atoms with Gasteiger partial charge in [0.25, 0.3) is 0 Å². The quantitative estimate of drug-likeness (QED) is 0.582. The first-order valence-electron chi connectivity index (χ1n) is 4.28. The number of aryl methyl sites for hydroxylation is 2. The maximum atomic E-state index is 5.39. The Morgan fingerprint density at radius 3 is 2.71 bits per heavy atom. The summed E-state index contributed by atoms with van der Waals surface area (Å²) < 4.78 is 0. The second-order valence-electron chi connectivity index (χ2n) is 3.11. The Hall–Kier alpha value is -1.95. The van der Waals surface area contributed by atoms with Crippen molar-refractivity contribution in [2.75, 3.05) is 0 Å². The predicted molar refractivity (Wildman–Crippen MR) is 54.7 cm³/mol. The maximum absolute atomic E-state index is 5.39. The van der Waals surface area contributed by atoms with Crippen molar-refractivity contribution >= 4 is 10.9 Å². The number of hydrogen-bond donors (Lipinski definition) is 0. The van der Waals surface area contributed by atoms with Gasteiger partial charge in [-0.15, -0.1) is 6.42 Å². The van der Waals surface area contributed by atoms with E-state index in [0.717, 1.165) is 16.5 Å². The molecule has 0 unspecified atom stereocenters. The normalized spacial score (nSPS) is 10.1. The molecule has 0 atom stereocenters. The van der Waals surface area contributed by atoms with Crippen molar-refractivity contribution in [3.63, 3.8) is 0 Å². The van der Waals surface area contributed by atoms with Crippen molar-refractivity contribution in [1.82, 2.24) is 15.0 Å². The molecule has 0 amide bonds. The van der Waals surface area contributed by atoms with Crippen LogP contribution in [0.5, 0.6) is 0 Å². The minimum atomic E-state index is 0.646. The van der Waals surface area contributed by atoms with Gasteiger partial charge in [-0.25, -0.2) is 9.97 Å². The summed E-state index contributed by atoms with van der Waals surface area (Å²) >= 11 is 0. The molecule has 14 heavy (non-hydrogen) atoms. The lowest BCUT2D eigenvalue weighted by molar-refractivity contribution is 1.07. The van der Waals surface area contributed by atoms with Gasteiger partial charge in [-0.2, -0.15) is 0 Å². The molecule has 0 saturated carbocycles. The number of terminal acetylenes is 1. The number of rotatable bonds is 0. The molecular formula is C11H9N3. The average Bonchev–Trinajstić information content (AvgIpc) is 2.16. The van der Waals surface area contributed by atoms with Crippen molar-refractivity contribution in [1.29, 1.82) is 0 Å². The Morgan fingerprint density at radius 1 is 1.21 bits per heavy atom. The van der Waals surface area contributed by atoms with Crippen molar-refractivity contribution in [2.24, 2.45) is 0 Å². The summed E-state index contributed by atoms with van der Waals surface area (Å²) in [6, 6.07) is 0. The van der Waals surface area contributed by atoms with Crippen LogP contribution in [0.1, 0.15) is 17.1 Å². The zero-order valence-corrected chi connectivity index (χ0v) is 8.07. The summed E-state index contributed by atoms with van der Waals surface area (Å²) in [6.07, 6.45) is 8.86. The molecule has 0 spiro atoms. The van der Waals surface area contributed by atoms with E-state index in [1.54, 1.807) is 12.4 Å². The van der Waals surface area contributed by atoms with E-state index in [1.165, 1.54) is 0 Å². The van der Waals surface area contributed by atoms with E-state index in [2.05, 4.69) is 20.9 Å². The summed E-state index contributed by atoms with van der Waals surface area (Å²) in [5.74, 6) is 3.25. The number of fused-ring (bicyclic) bond motifs is 1. The summed E-state index contributed by atoms with van der Waals surface area (Å²) in [5.41, 5.74) is 2.47. The van der Waals surface area contributed by atoms with Crippen LogP contribution in [0.3, 0.4) is 0 Å². The Bertz CT molecular complexity index is 538. The fourth-order valence-electron chi connectivity index (χ4n) is 1.47. The molecule has 2 rings (SSSR count). The highest BCUT2D eigenvalue weighted by molar-refractivity contribution is 5.85. The molecule has 0 saturated heterocycles. The fraction of sp³-hybridized carbons (Fsp3) is 0.182. The van der Waals surface area contributed by atoms with Gasteiger partial charge in [-0.05, 0) is 25.3 Å². The van der Waals surface area contributed by atoms with E-state index in [0.29, 0.717) is 11.5 Å². The van der Waals surface area contributed by atoms with Crippen molar-refractivity contribution in [3.05, 3.63) is 29.5 Å². The van der Waals surface area contributed by atoms with Gasteiger partial charge in [0.05, 0.1) is 11.7 Å². The van der Waals surface area contributed by atoms with E-state index in [-0.39, 0.29) is 0 Å². The first-order chi connectivity index (χ1) is 6.72. The number of hydrogen-bond acceptors (Lipinski definition) is 3. The molecular weight excluding hydrogens is 174 g/mol. The predicted octanol–water partition coefficient (Wildman–Crippen LogP) is 1.62. The van der Waals surface area contributed by atoms with Gasteiger partial charge < -0.3 is 0 Å². The van der Waals surface area contributed by atoms with Crippen LogP contribution in [0.2, 0.25) is 0 Å². The molecule has 3 nitrogen and oxygen atoms in total. The Labute approximate surface area is 82.2 Å². The molecule has 0 aliphatic rings. The zero-order valence-electron chi connectivity index (χ0n) is 8.07. The van der Waals surface area contributed by atoms with Crippen molar-refractivity contribution in [2.45, 2.75) is 13.8 Å². The van der Waals surface area contributed by atoms with Crippen LogP contribution >= 0.6 is 0 Å². The summed E-state index contributed by atoms with van der Waals surface area (Å²) in [6.45, 7) is 3.78. The van der Waals surface area contributed by atoms with Crippen molar-refractivity contribution in [3.8, 4) is 12.3 Å². The number of aromatic nitrogens is 3. The molecule has 0 aliphatic carbocycles. The van der Waals surface area contributed by atoms with Gasteiger partial charge in [0.15, 0.2) is 0 Å². The van der Waals surface area contributed by atoms with Gasteiger partial charge in [-0.1, -0.05) is 0 Å². The standard InChI is InChI=1S/C11H9N3/c1-4-9-11-7(2)5-12-6-10(11)14-8(3)13-9/h1,5-6H,2-3H3. The minimum absolute atomic E-state index is 0.646. The summed E-state index contributed by atoms with van der Waals surface area (Å²) in [5, 5.41) is 0.924. The van der Waals surface area contributed by atoms with Gasteiger partial charge in [0.2, 0.25) is 0 Å². The highest BCUT2D eigenvalue weighted by Crippen LogP contribution is 2.17. The molecule has 2 aromatic rings. The topological polar surface area (TPSA) is 38.7 Å². The monoisotopic (exact) mass is 183 g/mol. The molecule has 0 aliphatic heterocycles. The van der Waals surface area contributed by atoms with Gasteiger partial charge in [0.1, 0.15) is 11.5 Å². The van der Waals surface area contributed by atoms with E-state index < -0.39 is 0 Å². The summed E-state index contributed by atoms with van der Waals surface area (Å²) in [4.78, 5) is 12.6. The van der Waals surface area contributed by atoms with Gasteiger partial charge in [-0.3, -0.25) is 4.98 Å². The van der Waals surface area contributed by atoms with Gasteiger partial charge >= 0.3 is 0 Å². The highest BCUT2D eigenvalue weighted by atomic mass is 14.9. The average molecular weight is 183 g/mol. The first kappa shape index (κ1) is 8.64. The molecule has 2 aromatic heterocycles. The van der Waals surface area contributed by atoms with Crippen LogP contribution < -0.4 is 0 Å². The molecule has 68 valence electrons. The molecule has 0 radical (unpaired) electrons. The lowest BCUT2D eigenvalue weighted by Gasteiger charge is -2.03. The molecule has 0 bridgehead atoms. The SMILES string of the molecule is C#Cc1nc(C)nc2cncc(C)c12. The molecule has 0 aromatic carbocycles. The van der Waals surface area contributed by atoms with Crippen LogP contribution in [0.4, 0.5) is 0 Å².